The third-order valence-corrected chi connectivity index (χ3v) is 3.03. The van der Waals surface area contributed by atoms with E-state index in [4.69, 9.17) is 0 Å². The number of para-hydroxylation sites is 1. The van der Waals surface area contributed by atoms with Crippen molar-refractivity contribution in [3.63, 3.8) is 0 Å². The van der Waals surface area contributed by atoms with Crippen molar-refractivity contribution in [2.24, 2.45) is 7.05 Å². The Hall–Kier alpha value is -1.57. The average Bonchev–Trinajstić information content (AvgIpc) is 2.52. The highest BCUT2D eigenvalue weighted by Crippen LogP contribution is 2.26. The molecule has 0 N–H and O–H groups in total. The lowest BCUT2D eigenvalue weighted by atomic mass is 10.1. The van der Waals surface area contributed by atoms with Crippen LogP contribution in [-0.4, -0.2) is 10.9 Å². The molecule has 0 atom stereocenters. The second kappa shape index (κ2) is 3.54. The first-order chi connectivity index (χ1) is 7.20. The molecule has 0 aliphatic carbocycles. The number of rotatable bonds is 2. The number of aryl methyl sites for hydroxylation is 2. The number of hydrogen-bond donors (Lipinski definition) is 0. The maximum absolute atomic E-state index is 11.1. The molecule has 0 aliphatic heterocycles. The van der Waals surface area contributed by atoms with Crippen LogP contribution in [0.4, 0.5) is 0 Å². The molecule has 0 spiro atoms. The van der Waals surface area contributed by atoms with Gasteiger partial charge < -0.3 is 4.57 Å². The molecule has 2 rings (SSSR count). The first-order valence-electron chi connectivity index (χ1n) is 5.22. The van der Waals surface area contributed by atoms with Gasteiger partial charge in [-0.05, 0) is 18.9 Å². The van der Waals surface area contributed by atoms with E-state index < -0.39 is 0 Å². The molecular formula is C13H15NO. The van der Waals surface area contributed by atoms with Crippen molar-refractivity contribution in [3.8, 4) is 0 Å². The number of nitrogens with zero attached hydrogens (tertiary/aromatic N) is 1. The van der Waals surface area contributed by atoms with Crippen LogP contribution in [0.25, 0.3) is 10.9 Å². The molecule has 0 aliphatic rings. The summed E-state index contributed by atoms with van der Waals surface area (Å²) in [6.45, 7) is 4.16. The topological polar surface area (TPSA) is 22.0 Å². The van der Waals surface area contributed by atoms with E-state index in [1.165, 1.54) is 11.1 Å². The van der Waals surface area contributed by atoms with E-state index in [1.807, 2.05) is 19.2 Å². The fourth-order valence-electron chi connectivity index (χ4n) is 2.35. The Morgan fingerprint density at radius 2 is 2.13 bits per heavy atom. The van der Waals surface area contributed by atoms with Crippen LogP contribution >= 0.6 is 0 Å². The number of aromatic nitrogens is 1. The van der Waals surface area contributed by atoms with E-state index >= 15 is 0 Å². The van der Waals surface area contributed by atoms with Gasteiger partial charge in [-0.1, -0.05) is 25.1 Å². The third kappa shape index (κ3) is 1.29. The quantitative estimate of drug-likeness (QED) is 0.685. The Kier molecular flexibility index (Phi) is 2.35. The minimum Gasteiger partial charge on any atom is -0.347 e. The summed E-state index contributed by atoms with van der Waals surface area (Å²) in [5.74, 6) is 0. The summed E-state index contributed by atoms with van der Waals surface area (Å²) in [7, 11) is 2.03. The van der Waals surface area contributed by atoms with Crippen molar-refractivity contribution in [1.29, 1.82) is 0 Å². The summed E-state index contributed by atoms with van der Waals surface area (Å²) in [5, 5.41) is 1.07. The first-order valence-corrected chi connectivity index (χ1v) is 5.22. The molecule has 1 heterocycles. The van der Waals surface area contributed by atoms with E-state index in [2.05, 4.69) is 24.5 Å². The Morgan fingerprint density at radius 1 is 1.40 bits per heavy atom. The predicted molar refractivity (Wildman–Crippen MR) is 62.4 cm³/mol. The fourth-order valence-corrected chi connectivity index (χ4v) is 2.35. The van der Waals surface area contributed by atoms with Gasteiger partial charge in [0.1, 0.15) is 0 Å². The van der Waals surface area contributed by atoms with Crippen LogP contribution in [-0.2, 0) is 13.5 Å². The number of hydrogen-bond acceptors (Lipinski definition) is 1. The van der Waals surface area contributed by atoms with Crippen molar-refractivity contribution < 1.29 is 4.79 Å². The predicted octanol–water partition coefficient (Wildman–Crippen LogP) is 2.86. The van der Waals surface area contributed by atoms with Gasteiger partial charge in [-0.25, -0.2) is 0 Å². The molecule has 1 aromatic carbocycles. The fraction of sp³-hybridized carbons (Fsp3) is 0.308. The zero-order chi connectivity index (χ0) is 11.0. The van der Waals surface area contributed by atoms with Gasteiger partial charge in [0, 0.05) is 23.7 Å². The highest BCUT2D eigenvalue weighted by atomic mass is 16.1. The van der Waals surface area contributed by atoms with Crippen molar-refractivity contribution in [2.45, 2.75) is 20.3 Å². The smallest absolute Gasteiger partial charge is 0.152 e. The van der Waals surface area contributed by atoms with Gasteiger partial charge in [-0.2, -0.15) is 0 Å². The molecule has 0 saturated heterocycles. The Labute approximate surface area is 89.5 Å². The molecular weight excluding hydrogens is 186 g/mol. The van der Waals surface area contributed by atoms with Gasteiger partial charge in [0.05, 0.1) is 5.52 Å². The maximum Gasteiger partial charge on any atom is 0.152 e. The molecule has 78 valence electrons. The van der Waals surface area contributed by atoms with Gasteiger partial charge >= 0.3 is 0 Å². The molecule has 0 fully saturated rings. The number of fused-ring (bicyclic) bond motifs is 1. The molecule has 2 heteroatoms. The van der Waals surface area contributed by atoms with Crippen molar-refractivity contribution in [2.75, 3.05) is 0 Å². The summed E-state index contributed by atoms with van der Waals surface area (Å²) in [6.07, 6.45) is 1.86. The van der Waals surface area contributed by atoms with E-state index in [-0.39, 0.29) is 0 Å². The van der Waals surface area contributed by atoms with Crippen LogP contribution in [0.15, 0.2) is 18.2 Å². The van der Waals surface area contributed by atoms with Crippen molar-refractivity contribution >= 4 is 17.2 Å². The maximum atomic E-state index is 11.1. The van der Waals surface area contributed by atoms with Crippen LogP contribution in [0.3, 0.4) is 0 Å². The Balaban J connectivity index is 2.97. The molecule has 2 aromatic rings. The average molecular weight is 201 g/mol. The third-order valence-electron chi connectivity index (χ3n) is 3.03. The lowest BCUT2D eigenvalue weighted by Gasteiger charge is -2.03. The zero-order valence-corrected chi connectivity index (χ0v) is 9.37. The highest BCUT2D eigenvalue weighted by molar-refractivity contribution is 6.00. The summed E-state index contributed by atoms with van der Waals surface area (Å²) >= 11 is 0. The Morgan fingerprint density at radius 3 is 2.73 bits per heavy atom. The van der Waals surface area contributed by atoms with Gasteiger partial charge in [0.2, 0.25) is 0 Å². The molecule has 2 nitrogen and oxygen atoms in total. The molecule has 0 amide bonds. The van der Waals surface area contributed by atoms with E-state index in [0.29, 0.717) is 0 Å². The highest BCUT2D eigenvalue weighted by Gasteiger charge is 2.13. The van der Waals surface area contributed by atoms with Gasteiger partial charge in [-0.3, -0.25) is 4.79 Å². The van der Waals surface area contributed by atoms with Gasteiger partial charge in [-0.15, -0.1) is 0 Å². The van der Waals surface area contributed by atoms with E-state index in [0.717, 1.165) is 29.4 Å². The normalized spacial score (nSPS) is 10.9. The molecule has 0 unspecified atom stereocenters. The second-order valence-corrected chi connectivity index (χ2v) is 3.86. The van der Waals surface area contributed by atoms with Crippen molar-refractivity contribution in [1.82, 2.24) is 4.57 Å². The monoisotopic (exact) mass is 201 g/mol. The number of aldehydes is 1. The lowest BCUT2D eigenvalue weighted by Crippen LogP contribution is -1.97. The van der Waals surface area contributed by atoms with E-state index in [1.54, 1.807) is 0 Å². The van der Waals surface area contributed by atoms with Crippen LogP contribution < -0.4 is 0 Å². The SMILES string of the molecule is CCc1c(C=O)c2cccc(C)c2n1C. The molecule has 1 aromatic heterocycles. The summed E-state index contributed by atoms with van der Waals surface area (Å²) in [4.78, 5) is 11.1. The van der Waals surface area contributed by atoms with Crippen LogP contribution in [0.5, 0.6) is 0 Å². The Bertz CT molecular complexity index is 523. The molecule has 0 radical (unpaired) electrons. The minimum atomic E-state index is 0.846. The van der Waals surface area contributed by atoms with Crippen LogP contribution in [0.1, 0.15) is 28.5 Å². The zero-order valence-electron chi connectivity index (χ0n) is 9.37. The lowest BCUT2D eigenvalue weighted by molar-refractivity contribution is 0.112. The van der Waals surface area contributed by atoms with Crippen molar-refractivity contribution in [3.05, 3.63) is 35.0 Å². The standard InChI is InChI=1S/C13H15NO/c1-4-12-11(8-15)10-7-5-6-9(2)13(10)14(12)3/h5-8H,4H2,1-3H3. The summed E-state index contributed by atoms with van der Waals surface area (Å²) in [6, 6.07) is 6.10. The molecule has 0 saturated carbocycles. The van der Waals surface area contributed by atoms with Crippen LogP contribution in [0, 0.1) is 6.92 Å². The van der Waals surface area contributed by atoms with E-state index in [9.17, 15) is 4.79 Å². The minimum absolute atomic E-state index is 0.846. The largest absolute Gasteiger partial charge is 0.347 e. The van der Waals surface area contributed by atoms with Gasteiger partial charge in [0.15, 0.2) is 6.29 Å². The number of carbonyl (C=O) groups is 1. The van der Waals surface area contributed by atoms with Crippen LogP contribution in [0.2, 0.25) is 0 Å². The number of benzene rings is 1. The van der Waals surface area contributed by atoms with Gasteiger partial charge in [0.25, 0.3) is 0 Å². The molecule has 0 bridgehead atoms. The molecule has 15 heavy (non-hydrogen) atoms. The summed E-state index contributed by atoms with van der Waals surface area (Å²) < 4.78 is 2.13. The number of carbonyl (C=O) groups excluding carboxylic acids is 1. The first kappa shape index (κ1) is 9.97. The second-order valence-electron chi connectivity index (χ2n) is 3.86. The summed E-state index contributed by atoms with van der Waals surface area (Å²) in [5.41, 5.74) is 4.36.